The van der Waals surface area contributed by atoms with Gasteiger partial charge in [-0.15, -0.1) is 11.3 Å². The standard InChI is InChI=1S/C14H19N3O2S/c1-10-7-16(8-11(2)18)3-4-17(10)14(19)13-5-12(6-15)9-20-13/h5,9-11,18H,3-4,7-8H2,1-2H3/t10-,11+/m1/s1. The number of β-amino-alcohol motifs (C(OH)–C–C–N with tert-alkyl or cyclic N) is 1. The lowest BCUT2D eigenvalue weighted by atomic mass is 10.1. The van der Waals surface area contributed by atoms with Crippen LogP contribution in [0.2, 0.25) is 0 Å². The van der Waals surface area contributed by atoms with Crippen LogP contribution in [-0.2, 0) is 0 Å². The molecule has 1 saturated heterocycles. The number of nitrogens with zero attached hydrogens (tertiary/aromatic N) is 3. The molecule has 2 rings (SSSR count). The molecule has 108 valence electrons. The van der Waals surface area contributed by atoms with Gasteiger partial charge in [0.2, 0.25) is 0 Å². The van der Waals surface area contributed by atoms with Crippen molar-refractivity contribution in [3.05, 3.63) is 21.9 Å². The average molecular weight is 293 g/mol. The van der Waals surface area contributed by atoms with Gasteiger partial charge in [0.15, 0.2) is 0 Å². The molecule has 1 N–H and O–H groups in total. The number of hydrogen-bond acceptors (Lipinski definition) is 5. The minimum absolute atomic E-state index is 0.000645. The largest absolute Gasteiger partial charge is 0.392 e. The van der Waals surface area contributed by atoms with E-state index in [4.69, 9.17) is 5.26 Å². The zero-order valence-electron chi connectivity index (χ0n) is 11.7. The zero-order valence-corrected chi connectivity index (χ0v) is 12.6. The molecular formula is C14H19N3O2S. The van der Waals surface area contributed by atoms with E-state index >= 15 is 0 Å². The third kappa shape index (κ3) is 3.37. The first-order valence-electron chi connectivity index (χ1n) is 6.71. The molecule has 1 aromatic rings. The molecule has 0 spiro atoms. The number of nitriles is 1. The lowest BCUT2D eigenvalue weighted by Gasteiger charge is -2.40. The second kappa shape index (κ2) is 6.35. The highest BCUT2D eigenvalue weighted by atomic mass is 32.1. The van der Waals surface area contributed by atoms with Crippen molar-refractivity contribution in [2.24, 2.45) is 0 Å². The maximum Gasteiger partial charge on any atom is 0.264 e. The molecule has 20 heavy (non-hydrogen) atoms. The molecule has 0 radical (unpaired) electrons. The van der Waals surface area contributed by atoms with E-state index in [2.05, 4.69) is 4.90 Å². The number of carbonyl (C=O) groups excluding carboxylic acids is 1. The first-order chi connectivity index (χ1) is 9.51. The molecule has 1 aliphatic rings. The summed E-state index contributed by atoms with van der Waals surface area (Å²) in [5, 5.41) is 19.9. The van der Waals surface area contributed by atoms with Crippen molar-refractivity contribution in [2.45, 2.75) is 26.0 Å². The molecule has 2 atom stereocenters. The first-order valence-corrected chi connectivity index (χ1v) is 7.59. The van der Waals surface area contributed by atoms with Crippen molar-refractivity contribution in [1.82, 2.24) is 9.80 Å². The normalized spacial score (nSPS) is 21.5. The Morgan fingerprint density at radius 1 is 1.65 bits per heavy atom. The van der Waals surface area contributed by atoms with Crippen LogP contribution in [0, 0.1) is 11.3 Å². The maximum absolute atomic E-state index is 12.4. The van der Waals surface area contributed by atoms with Crippen LogP contribution in [0.3, 0.4) is 0 Å². The third-order valence-corrected chi connectivity index (χ3v) is 4.35. The average Bonchev–Trinajstić information content (AvgIpc) is 2.86. The Hall–Kier alpha value is -1.42. The second-order valence-corrected chi connectivity index (χ2v) is 6.18. The molecule has 0 saturated carbocycles. The molecule has 0 aliphatic carbocycles. The van der Waals surface area contributed by atoms with E-state index in [0.717, 1.165) is 13.1 Å². The van der Waals surface area contributed by atoms with Gasteiger partial charge in [-0.05, 0) is 19.9 Å². The van der Waals surface area contributed by atoms with Crippen molar-refractivity contribution < 1.29 is 9.90 Å². The molecule has 0 bridgehead atoms. The van der Waals surface area contributed by atoms with Crippen LogP contribution in [0.25, 0.3) is 0 Å². The second-order valence-electron chi connectivity index (χ2n) is 5.27. The van der Waals surface area contributed by atoms with Gasteiger partial charge >= 0.3 is 0 Å². The van der Waals surface area contributed by atoms with Gasteiger partial charge in [-0.3, -0.25) is 9.69 Å². The Balaban J connectivity index is 2.00. The number of amides is 1. The molecular weight excluding hydrogens is 274 g/mol. The minimum atomic E-state index is -0.347. The Kier molecular flexibility index (Phi) is 4.76. The van der Waals surface area contributed by atoms with Gasteiger partial charge in [-0.25, -0.2) is 0 Å². The van der Waals surface area contributed by atoms with Crippen LogP contribution in [0.5, 0.6) is 0 Å². The van der Waals surface area contributed by atoms with Crippen LogP contribution < -0.4 is 0 Å². The first kappa shape index (κ1) is 15.0. The number of aliphatic hydroxyl groups excluding tert-OH is 1. The summed E-state index contributed by atoms with van der Waals surface area (Å²) in [6.45, 7) is 6.64. The van der Waals surface area contributed by atoms with Crippen molar-refractivity contribution in [3.8, 4) is 6.07 Å². The lowest BCUT2D eigenvalue weighted by molar-refractivity contribution is 0.0387. The topological polar surface area (TPSA) is 67.6 Å². The third-order valence-electron chi connectivity index (χ3n) is 3.43. The van der Waals surface area contributed by atoms with Crippen molar-refractivity contribution in [3.63, 3.8) is 0 Å². The molecule has 1 aromatic heterocycles. The van der Waals surface area contributed by atoms with Gasteiger partial charge in [0.1, 0.15) is 6.07 Å². The maximum atomic E-state index is 12.4. The van der Waals surface area contributed by atoms with Crippen LogP contribution in [0.15, 0.2) is 11.4 Å². The summed E-state index contributed by atoms with van der Waals surface area (Å²) in [6.07, 6.45) is -0.347. The van der Waals surface area contributed by atoms with E-state index < -0.39 is 0 Å². The summed E-state index contributed by atoms with van der Waals surface area (Å²) in [4.78, 5) is 17.1. The van der Waals surface area contributed by atoms with Gasteiger partial charge in [0, 0.05) is 37.6 Å². The monoisotopic (exact) mass is 293 g/mol. The Bertz CT molecular complexity index is 521. The zero-order chi connectivity index (χ0) is 14.7. The molecule has 6 heteroatoms. The Labute approximate surface area is 123 Å². The molecule has 1 amide bonds. The van der Waals surface area contributed by atoms with E-state index in [9.17, 15) is 9.90 Å². The van der Waals surface area contributed by atoms with Crippen molar-refractivity contribution in [1.29, 1.82) is 5.26 Å². The number of hydrogen-bond donors (Lipinski definition) is 1. The summed E-state index contributed by atoms with van der Waals surface area (Å²) in [5.74, 6) is 0.000645. The SMILES string of the molecule is C[C@H](O)CN1CCN(C(=O)c2cc(C#N)cs2)[C@H](C)C1. The van der Waals surface area contributed by atoms with Gasteiger partial charge in [0.05, 0.1) is 16.5 Å². The summed E-state index contributed by atoms with van der Waals surface area (Å²) >= 11 is 1.32. The number of thiophene rings is 1. The van der Waals surface area contributed by atoms with E-state index in [1.54, 1.807) is 18.4 Å². The highest BCUT2D eigenvalue weighted by molar-refractivity contribution is 7.12. The van der Waals surface area contributed by atoms with Gasteiger partial charge in [0.25, 0.3) is 5.91 Å². The van der Waals surface area contributed by atoms with Crippen LogP contribution >= 0.6 is 11.3 Å². The minimum Gasteiger partial charge on any atom is -0.392 e. The highest BCUT2D eigenvalue weighted by Gasteiger charge is 2.29. The number of carbonyl (C=O) groups is 1. The van der Waals surface area contributed by atoms with Gasteiger partial charge < -0.3 is 10.0 Å². The summed E-state index contributed by atoms with van der Waals surface area (Å²) in [6, 6.07) is 3.82. The quantitative estimate of drug-likeness (QED) is 0.907. The van der Waals surface area contributed by atoms with Crippen molar-refractivity contribution >= 4 is 17.2 Å². The molecule has 5 nitrogen and oxygen atoms in total. The summed E-state index contributed by atoms with van der Waals surface area (Å²) < 4.78 is 0. The molecule has 1 aliphatic heterocycles. The number of aliphatic hydroxyl groups is 1. The van der Waals surface area contributed by atoms with Gasteiger partial charge in [-0.1, -0.05) is 0 Å². The van der Waals surface area contributed by atoms with E-state index in [1.165, 1.54) is 11.3 Å². The summed E-state index contributed by atoms with van der Waals surface area (Å²) in [5.41, 5.74) is 0.541. The number of rotatable bonds is 3. The van der Waals surface area contributed by atoms with Crippen LogP contribution in [0.1, 0.15) is 29.1 Å². The molecule has 2 heterocycles. The predicted octanol–water partition coefficient (Wildman–Crippen LogP) is 1.15. The Morgan fingerprint density at radius 3 is 2.95 bits per heavy atom. The van der Waals surface area contributed by atoms with Gasteiger partial charge in [-0.2, -0.15) is 5.26 Å². The van der Waals surface area contributed by atoms with Crippen molar-refractivity contribution in [2.75, 3.05) is 26.2 Å². The fourth-order valence-electron chi connectivity index (χ4n) is 2.52. The fourth-order valence-corrected chi connectivity index (χ4v) is 3.31. The van der Waals surface area contributed by atoms with E-state index in [-0.39, 0.29) is 18.1 Å². The highest BCUT2D eigenvalue weighted by Crippen LogP contribution is 2.19. The van der Waals surface area contributed by atoms with E-state index in [1.807, 2.05) is 17.9 Å². The fraction of sp³-hybridized carbons (Fsp3) is 0.571. The molecule has 0 aromatic carbocycles. The smallest absolute Gasteiger partial charge is 0.264 e. The number of piperazine rings is 1. The summed E-state index contributed by atoms with van der Waals surface area (Å²) in [7, 11) is 0. The molecule has 0 unspecified atom stereocenters. The predicted molar refractivity (Wildman–Crippen MR) is 77.7 cm³/mol. The lowest BCUT2D eigenvalue weighted by Crippen LogP contribution is -2.54. The Morgan fingerprint density at radius 2 is 2.40 bits per heavy atom. The van der Waals surface area contributed by atoms with Crippen LogP contribution in [0.4, 0.5) is 0 Å². The van der Waals surface area contributed by atoms with E-state index in [0.29, 0.717) is 23.5 Å². The van der Waals surface area contributed by atoms with Crippen LogP contribution in [-0.4, -0.2) is 59.1 Å². The molecule has 1 fully saturated rings.